The number of carboxylic acid groups (broad SMARTS) is 1. The highest BCUT2D eigenvalue weighted by molar-refractivity contribution is 5.94. The van der Waals surface area contributed by atoms with E-state index in [2.05, 4.69) is 20.9 Å². The molecule has 1 heterocycles. The number of benzene rings is 2. The number of para-hydroxylation sites is 1. The van der Waals surface area contributed by atoms with Gasteiger partial charge in [-0.3, -0.25) is 14.4 Å². The zero-order chi connectivity index (χ0) is 28.5. The lowest BCUT2D eigenvalue weighted by Gasteiger charge is -2.25. The Bertz CT molecular complexity index is 1290. The average molecular weight is 540 g/mol. The summed E-state index contributed by atoms with van der Waals surface area (Å²) in [7, 11) is 0. The number of hydrogen-bond acceptors (Lipinski definition) is 7. The maximum atomic E-state index is 12.9. The lowest BCUT2D eigenvalue weighted by atomic mass is 10.0. The van der Waals surface area contributed by atoms with Crippen molar-refractivity contribution in [2.24, 2.45) is 5.73 Å². The number of nitrogens with two attached hydrogens (primary N) is 1. The number of carbonyl (C=O) groups is 4. The molecule has 3 rings (SSSR count). The summed E-state index contributed by atoms with van der Waals surface area (Å²) in [5, 5.41) is 37.3. The number of carboxylic acids is 1. The third-order valence-corrected chi connectivity index (χ3v) is 6.23. The van der Waals surface area contributed by atoms with Crippen molar-refractivity contribution in [2.75, 3.05) is 6.61 Å². The second-order valence-corrected chi connectivity index (χ2v) is 9.23. The van der Waals surface area contributed by atoms with Crippen LogP contribution in [0.15, 0.2) is 60.8 Å². The molecule has 5 unspecified atom stereocenters. The Morgan fingerprint density at radius 2 is 1.51 bits per heavy atom. The van der Waals surface area contributed by atoms with E-state index in [1.807, 2.05) is 24.3 Å². The van der Waals surface area contributed by atoms with Gasteiger partial charge in [-0.25, -0.2) is 4.79 Å². The molecule has 0 aliphatic rings. The van der Waals surface area contributed by atoms with Gasteiger partial charge < -0.3 is 42.0 Å². The summed E-state index contributed by atoms with van der Waals surface area (Å²) in [6.07, 6.45) is 0.420. The van der Waals surface area contributed by atoms with Gasteiger partial charge in [0.05, 0.1) is 18.8 Å². The molecule has 12 heteroatoms. The van der Waals surface area contributed by atoms with Crippen LogP contribution in [0.3, 0.4) is 0 Å². The smallest absolute Gasteiger partial charge is 0.326 e. The molecule has 0 aliphatic carbocycles. The molecule has 3 aromatic rings. The van der Waals surface area contributed by atoms with Gasteiger partial charge in [0, 0.05) is 23.5 Å². The number of nitrogens with one attached hydrogen (secondary N) is 4. The number of aromatic amines is 1. The fourth-order valence-corrected chi connectivity index (χ4v) is 4.07. The molecule has 2 aromatic carbocycles. The largest absolute Gasteiger partial charge is 0.480 e. The average Bonchev–Trinajstić information content (AvgIpc) is 3.32. The summed E-state index contributed by atoms with van der Waals surface area (Å²) in [5.74, 6) is -3.91. The van der Waals surface area contributed by atoms with E-state index in [1.165, 1.54) is 6.92 Å². The molecule has 5 atom stereocenters. The van der Waals surface area contributed by atoms with Crippen LogP contribution in [-0.2, 0) is 32.0 Å². The number of aliphatic hydroxyl groups excluding tert-OH is 2. The van der Waals surface area contributed by atoms with E-state index in [9.17, 15) is 34.5 Å². The fraction of sp³-hybridized carbons (Fsp3) is 0.333. The Balaban J connectivity index is 1.63. The minimum atomic E-state index is -1.54. The van der Waals surface area contributed by atoms with Gasteiger partial charge in [0.15, 0.2) is 0 Å². The van der Waals surface area contributed by atoms with Crippen LogP contribution >= 0.6 is 0 Å². The van der Waals surface area contributed by atoms with Crippen molar-refractivity contribution in [3.8, 4) is 0 Å². The number of amides is 3. The summed E-state index contributed by atoms with van der Waals surface area (Å²) in [4.78, 5) is 53.2. The first kappa shape index (κ1) is 29.3. The molecule has 0 spiro atoms. The van der Waals surface area contributed by atoms with E-state index in [-0.39, 0.29) is 12.8 Å². The van der Waals surface area contributed by atoms with Gasteiger partial charge in [-0.1, -0.05) is 48.5 Å². The molecular formula is C27H33N5O7. The standard InChI is InChI=1S/C27H33N5O7/c1-15(34)23(32-24(35)19(28)11-16-7-3-2-4-8-16)26(37)31-22(14-33)25(36)30-21(27(38)39)12-17-13-29-20-10-6-5-9-18(17)20/h2-10,13,15,19,21-23,29,33-34H,11-12,14,28H2,1H3,(H,30,36)(H,31,37)(H,32,35)(H,38,39). The summed E-state index contributed by atoms with van der Waals surface area (Å²) in [6.45, 7) is 0.411. The highest BCUT2D eigenvalue weighted by Gasteiger charge is 2.32. The quantitative estimate of drug-likeness (QED) is 0.137. The summed E-state index contributed by atoms with van der Waals surface area (Å²) >= 11 is 0. The predicted molar refractivity (Wildman–Crippen MR) is 142 cm³/mol. The second kappa shape index (κ2) is 13.5. The van der Waals surface area contributed by atoms with E-state index in [4.69, 9.17) is 5.73 Å². The van der Waals surface area contributed by atoms with Crippen molar-refractivity contribution in [3.05, 3.63) is 71.9 Å². The van der Waals surface area contributed by atoms with Crippen LogP contribution in [0.5, 0.6) is 0 Å². The van der Waals surface area contributed by atoms with Gasteiger partial charge in [0.2, 0.25) is 17.7 Å². The molecule has 0 radical (unpaired) electrons. The molecule has 12 nitrogen and oxygen atoms in total. The summed E-state index contributed by atoms with van der Waals surface area (Å²) in [6, 6.07) is 10.9. The lowest BCUT2D eigenvalue weighted by Crippen LogP contribution is -2.60. The third-order valence-electron chi connectivity index (χ3n) is 6.23. The number of aliphatic hydroxyl groups is 2. The Kier molecular flexibility index (Phi) is 10.1. The Hall–Kier alpha value is -4.26. The van der Waals surface area contributed by atoms with E-state index in [0.29, 0.717) is 5.56 Å². The maximum absolute atomic E-state index is 12.9. The Morgan fingerprint density at radius 3 is 2.15 bits per heavy atom. The number of fused-ring (bicyclic) bond motifs is 1. The van der Waals surface area contributed by atoms with Gasteiger partial charge in [-0.15, -0.1) is 0 Å². The number of aliphatic carboxylic acids is 1. The molecule has 0 bridgehead atoms. The molecule has 0 fully saturated rings. The van der Waals surface area contributed by atoms with Crippen LogP contribution in [0.4, 0.5) is 0 Å². The first-order chi connectivity index (χ1) is 18.6. The summed E-state index contributed by atoms with van der Waals surface area (Å²) < 4.78 is 0. The first-order valence-electron chi connectivity index (χ1n) is 12.4. The molecule has 3 amide bonds. The van der Waals surface area contributed by atoms with Crippen molar-refractivity contribution < 1.29 is 34.5 Å². The highest BCUT2D eigenvalue weighted by atomic mass is 16.4. The molecular weight excluding hydrogens is 506 g/mol. The molecule has 1 aromatic heterocycles. The van der Waals surface area contributed by atoms with E-state index in [0.717, 1.165) is 16.5 Å². The van der Waals surface area contributed by atoms with E-state index in [1.54, 1.807) is 36.5 Å². The second-order valence-electron chi connectivity index (χ2n) is 9.23. The predicted octanol–water partition coefficient (Wildman–Crippen LogP) is -0.807. The molecule has 39 heavy (non-hydrogen) atoms. The van der Waals surface area contributed by atoms with Crippen LogP contribution in [0.2, 0.25) is 0 Å². The van der Waals surface area contributed by atoms with Gasteiger partial charge in [0.25, 0.3) is 0 Å². The number of carbonyl (C=O) groups excluding carboxylic acids is 3. The van der Waals surface area contributed by atoms with Crippen molar-refractivity contribution in [2.45, 2.75) is 50.0 Å². The van der Waals surface area contributed by atoms with Crippen LogP contribution in [-0.4, -0.2) is 80.9 Å². The topological polar surface area (TPSA) is 207 Å². The van der Waals surface area contributed by atoms with E-state index >= 15 is 0 Å². The third kappa shape index (κ3) is 7.87. The molecule has 9 N–H and O–H groups in total. The molecule has 208 valence electrons. The molecule has 0 saturated carbocycles. The minimum absolute atomic E-state index is 0.0527. The SMILES string of the molecule is CC(O)C(NC(=O)C(N)Cc1ccccc1)C(=O)NC(CO)C(=O)NC(Cc1c[nH]c2ccccc12)C(=O)O. The van der Waals surface area contributed by atoms with Crippen molar-refractivity contribution >= 4 is 34.6 Å². The molecule has 0 aliphatic heterocycles. The van der Waals surface area contributed by atoms with Gasteiger partial charge in [0.1, 0.15) is 18.1 Å². The van der Waals surface area contributed by atoms with Gasteiger partial charge in [-0.2, -0.15) is 0 Å². The van der Waals surface area contributed by atoms with Gasteiger partial charge >= 0.3 is 5.97 Å². The number of rotatable bonds is 13. The van der Waals surface area contributed by atoms with E-state index < -0.39 is 60.6 Å². The lowest BCUT2D eigenvalue weighted by molar-refractivity contribution is -0.142. The minimum Gasteiger partial charge on any atom is -0.480 e. The number of hydrogen-bond donors (Lipinski definition) is 8. The normalized spacial score (nSPS) is 15.0. The van der Waals surface area contributed by atoms with Crippen molar-refractivity contribution in [1.29, 1.82) is 0 Å². The van der Waals surface area contributed by atoms with Crippen molar-refractivity contribution in [3.63, 3.8) is 0 Å². The Labute approximate surface area is 224 Å². The highest BCUT2D eigenvalue weighted by Crippen LogP contribution is 2.19. The van der Waals surface area contributed by atoms with Crippen LogP contribution in [0.1, 0.15) is 18.1 Å². The van der Waals surface area contributed by atoms with Crippen LogP contribution in [0, 0.1) is 0 Å². The van der Waals surface area contributed by atoms with Crippen LogP contribution in [0.25, 0.3) is 10.9 Å². The zero-order valence-corrected chi connectivity index (χ0v) is 21.3. The fourth-order valence-electron chi connectivity index (χ4n) is 4.07. The summed E-state index contributed by atoms with van der Waals surface area (Å²) in [5.41, 5.74) is 8.22. The maximum Gasteiger partial charge on any atom is 0.326 e. The molecule has 0 saturated heterocycles. The van der Waals surface area contributed by atoms with Gasteiger partial charge in [-0.05, 0) is 30.5 Å². The number of aromatic nitrogens is 1. The zero-order valence-electron chi connectivity index (χ0n) is 21.3. The number of H-pyrrole nitrogens is 1. The Morgan fingerprint density at radius 1 is 0.872 bits per heavy atom. The van der Waals surface area contributed by atoms with Crippen molar-refractivity contribution in [1.82, 2.24) is 20.9 Å². The van der Waals surface area contributed by atoms with Crippen LogP contribution < -0.4 is 21.7 Å². The first-order valence-corrected chi connectivity index (χ1v) is 12.4. The monoisotopic (exact) mass is 539 g/mol.